The number of imidazole rings is 1. The number of hydrogen-bond acceptors (Lipinski definition) is 5. The molecule has 3 heterocycles. The van der Waals surface area contributed by atoms with Gasteiger partial charge >= 0.3 is 11.9 Å². The van der Waals surface area contributed by atoms with E-state index in [2.05, 4.69) is 29.7 Å². The van der Waals surface area contributed by atoms with Crippen LogP contribution >= 0.6 is 11.8 Å². The van der Waals surface area contributed by atoms with Gasteiger partial charge in [0.15, 0.2) is 10.7 Å². The number of esters is 1. The van der Waals surface area contributed by atoms with Gasteiger partial charge in [0, 0.05) is 18.9 Å². The summed E-state index contributed by atoms with van der Waals surface area (Å²) in [5, 5.41) is 0.916. The van der Waals surface area contributed by atoms with Gasteiger partial charge in [-0.2, -0.15) is 4.98 Å². The molecule has 1 aliphatic carbocycles. The summed E-state index contributed by atoms with van der Waals surface area (Å²) in [4.78, 5) is 29.7. The molecule has 6 nitrogen and oxygen atoms in total. The van der Waals surface area contributed by atoms with E-state index in [1.807, 2.05) is 26.1 Å². The fraction of sp³-hybridized carbons (Fsp3) is 0.381. The number of likely N-dealkylation sites (N-methyl/N-ethyl adjacent to an activating group) is 1. The van der Waals surface area contributed by atoms with Crippen molar-refractivity contribution in [1.29, 1.82) is 0 Å². The Morgan fingerprint density at radius 2 is 2.21 bits per heavy atom. The molecular weight excluding hydrogens is 374 g/mol. The minimum Gasteiger partial charge on any atom is -0.462 e. The third kappa shape index (κ3) is 2.29. The molecule has 1 aromatic rings. The van der Waals surface area contributed by atoms with Crippen LogP contribution in [0.1, 0.15) is 33.1 Å². The number of quaternary nitrogens is 1. The number of allylic oxidation sites excluding steroid dienone is 4. The third-order valence-electron chi connectivity index (χ3n) is 5.89. The predicted octanol–water partition coefficient (Wildman–Crippen LogP) is 3.81. The summed E-state index contributed by atoms with van der Waals surface area (Å²) in [6.45, 7) is 4.07. The first-order chi connectivity index (χ1) is 13.4. The van der Waals surface area contributed by atoms with Gasteiger partial charge in [0.1, 0.15) is 5.03 Å². The van der Waals surface area contributed by atoms with Crippen molar-refractivity contribution < 1.29 is 14.3 Å². The van der Waals surface area contributed by atoms with E-state index in [1.165, 1.54) is 18.9 Å². The summed E-state index contributed by atoms with van der Waals surface area (Å²) < 4.78 is 7.37. The zero-order valence-electron chi connectivity index (χ0n) is 16.6. The van der Waals surface area contributed by atoms with Crippen LogP contribution in [-0.2, 0) is 14.3 Å². The number of nitrogens with zero attached hydrogens (tertiary/aromatic N) is 3. The maximum atomic E-state index is 12.7. The highest BCUT2D eigenvalue weighted by Gasteiger charge is 2.65. The molecule has 28 heavy (non-hydrogen) atoms. The van der Waals surface area contributed by atoms with Gasteiger partial charge in [-0.05, 0) is 36.8 Å². The monoisotopic (exact) mass is 398 g/mol. The normalized spacial score (nSPS) is 27.2. The van der Waals surface area contributed by atoms with Crippen molar-refractivity contribution in [3.05, 3.63) is 47.8 Å². The van der Waals surface area contributed by atoms with E-state index in [0.717, 1.165) is 35.1 Å². The van der Waals surface area contributed by atoms with Crippen LogP contribution < -0.4 is 4.48 Å². The lowest BCUT2D eigenvalue weighted by atomic mass is 9.80. The van der Waals surface area contributed by atoms with Crippen LogP contribution in [0.25, 0.3) is 5.70 Å². The topological polar surface area (TPSA) is 61.2 Å². The number of hydrogen-bond donors (Lipinski definition) is 0. The highest BCUT2D eigenvalue weighted by atomic mass is 32.2. The van der Waals surface area contributed by atoms with Crippen LogP contribution in [-0.4, -0.2) is 40.3 Å². The average molecular weight is 399 g/mol. The number of aromatic nitrogens is 2. The summed E-state index contributed by atoms with van der Waals surface area (Å²) in [7, 11) is 3.41. The Labute approximate surface area is 168 Å². The van der Waals surface area contributed by atoms with Crippen molar-refractivity contribution in [3.63, 3.8) is 0 Å². The first kappa shape index (κ1) is 19.0. The number of carbonyl (C=O) groups excluding carboxylic acids is 2. The lowest BCUT2D eigenvalue weighted by Gasteiger charge is -2.44. The van der Waals surface area contributed by atoms with Gasteiger partial charge in [-0.25, -0.2) is 13.8 Å². The van der Waals surface area contributed by atoms with Gasteiger partial charge in [-0.1, -0.05) is 25.2 Å². The van der Waals surface area contributed by atoms with Crippen LogP contribution in [0.15, 0.2) is 52.9 Å². The van der Waals surface area contributed by atoms with Gasteiger partial charge < -0.3 is 4.74 Å². The third-order valence-corrected chi connectivity index (χ3v) is 6.82. The molecule has 4 rings (SSSR count). The number of fused-ring (bicyclic) bond motifs is 3. The smallest absolute Gasteiger partial charge is 0.393 e. The molecule has 0 N–H and O–H groups in total. The molecule has 0 saturated heterocycles. The Hall–Kier alpha value is -2.38. The second-order valence-corrected chi connectivity index (χ2v) is 8.50. The first-order valence-electron chi connectivity index (χ1n) is 9.43. The summed E-state index contributed by atoms with van der Waals surface area (Å²) >= 11 is 1.23. The number of ether oxygens (including phenoxy) is 1. The van der Waals surface area contributed by atoms with Crippen molar-refractivity contribution in [2.45, 2.75) is 43.7 Å². The van der Waals surface area contributed by atoms with Crippen LogP contribution in [0.3, 0.4) is 0 Å². The fourth-order valence-corrected chi connectivity index (χ4v) is 5.50. The Morgan fingerprint density at radius 1 is 1.43 bits per heavy atom. The maximum Gasteiger partial charge on any atom is 0.393 e. The van der Waals surface area contributed by atoms with Crippen molar-refractivity contribution >= 4 is 34.5 Å². The Bertz CT molecular complexity index is 1000. The Balaban J connectivity index is 1.96. The summed E-state index contributed by atoms with van der Waals surface area (Å²) in [6.07, 6.45) is 13.9. The molecular formula is C21H24N3O3S+. The quantitative estimate of drug-likeness (QED) is 0.438. The lowest BCUT2D eigenvalue weighted by molar-refractivity contribution is -0.138. The molecule has 2 aliphatic heterocycles. The zero-order chi connectivity index (χ0) is 20.1. The Kier molecular flexibility index (Phi) is 4.47. The molecule has 146 valence electrons. The number of thioether (sulfide) groups is 1. The predicted molar refractivity (Wildman–Crippen MR) is 110 cm³/mol. The molecule has 0 aromatic carbocycles. The average Bonchev–Trinajstić information content (AvgIpc) is 3.17. The largest absolute Gasteiger partial charge is 0.462 e. The van der Waals surface area contributed by atoms with Crippen LogP contribution in [0, 0.1) is 0 Å². The van der Waals surface area contributed by atoms with Gasteiger partial charge in [-0.3, -0.25) is 4.79 Å². The summed E-state index contributed by atoms with van der Waals surface area (Å²) in [5.41, 5.74) is 2.23. The van der Waals surface area contributed by atoms with Crippen molar-refractivity contribution in [2.24, 2.45) is 0 Å². The maximum absolute atomic E-state index is 12.7. The zero-order valence-corrected chi connectivity index (χ0v) is 17.4. The minimum atomic E-state index is -0.482. The highest BCUT2D eigenvalue weighted by Crippen LogP contribution is 2.57. The van der Waals surface area contributed by atoms with E-state index in [1.54, 1.807) is 6.20 Å². The Morgan fingerprint density at radius 3 is 2.93 bits per heavy atom. The van der Waals surface area contributed by atoms with Crippen molar-refractivity contribution in [3.8, 4) is 0 Å². The van der Waals surface area contributed by atoms with E-state index in [-0.39, 0.29) is 15.6 Å². The molecule has 2 atom stereocenters. The summed E-state index contributed by atoms with van der Waals surface area (Å²) in [5.74, 6) is 0.358. The van der Waals surface area contributed by atoms with E-state index >= 15 is 0 Å². The highest BCUT2D eigenvalue weighted by molar-refractivity contribution is 8.13. The van der Waals surface area contributed by atoms with E-state index in [4.69, 9.17) is 9.72 Å². The molecule has 1 aromatic heterocycles. The van der Waals surface area contributed by atoms with Crippen molar-refractivity contribution in [2.75, 3.05) is 14.2 Å². The van der Waals surface area contributed by atoms with E-state index < -0.39 is 5.54 Å². The minimum absolute atomic E-state index is 0.121. The SMILES string of the molecule is CCCC(=O)Sc1cnc2n1C1=C(C)C=CCC13C=CC=C(C(=O)OC)[N+]23C. The standard InChI is InChI=1S/C21H24N3O3S/c1-5-8-17(25)28-16-13-22-20-23(16)18-14(2)9-6-11-21(18)12-7-10-15(19(26)27-4)24(20,21)3/h6-7,9-10,12-13H,5,8,11H2,1-4H3/q+1. The van der Waals surface area contributed by atoms with Gasteiger partial charge in [0.2, 0.25) is 5.70 Å². The van der Waals surface area contributed by atoms with Gasteiger partial charge in [0.05, 0.1) is 26.1 Å². The second kappa shape index (κ2) is 6.60. The first-order valence-corrected chi connectivity index (χ1v) is 10.2. The van der Waals surface area contributed by atoms with Crippen molar-refractivity contribution in [1.82, 2.24) is 14.0 Å². The molecule has 0 amide bonds. The number of carbonyl (C=O) groups is 2. The summed E-state index contributed by atoms with van der Waals surface area (Å²) in [6, 6.07) is 0. The van der Waals surface area contributed by atoms with Crippen LogP contribution in [0.5, 0.6) is 0 Å². The van der Waals surface area contributed by atoms with Crippen LogP contribution in [0.2, 0.25) is 0 Å². The molecule has 0 bridgehead atoms. The van der Waals surface area contributed by atoms with E-state index in [9.17, 15) is 9.59 Å². The molecule has 1 spiro atoms. The molecule has 7 heteroatoms. The molecule has 3 aliphatic rings. The van der Waals surface area contributed by atoms with Gasteiger partial charge in [0.25, 0.3) is 0 Å². The molecule has 0 saturated carbocycles. The number of methoxy groups -OCH3 is 1. The molecule has 0 radical (unpaired) electrons. The van der Waals surface area contributed by atoms with Gasteiger partial charge in [-0.15, -0.1) is 0 Å². The second-order valence-electron chi connectivity index (χ2n) is 7.43. The molecule has 2 unspecified atom stereocenters. The number of rotatable bonds is 4. The lowest BCUT2D eigenvalue weighted by Crippen LogP contribution is -2.62. The van der Waals surface area contributed by atoms with E-state index in [0.29, 0.717) is 12.1 Å². The fourth-order valence-electron chi connectivity index (χ4n) is 4.59. The van der Waals surface area contributed by atoms with Crippen LogP contribution in [0.4, 0.5) is 5.95 Å². The molecule has 0 fully saturated rings.